The minimum atomic E-state index is -0.390. The fourth-order valence-corrected chi connectivity index (χ4v) is 10.8. The molecule has 0 saturated carbocycles. The number of thiazole rings is 1. The number of ether oxygens (including phenoxy) is 1. The van der Waals surface area contributed by atoms with Crippen LogP contribution in [0, 0.1) is 20.8 Å². The van der Waals surface area contributed by atoms with Crippen molar-refractivity contribution in [3.05, 3.63) is 167 Å². The molecule has 5 nitrogen and oxygen atoms in total. The van der Waals surface area contributed by atoms with Gasteiger partial charge in [0.25, 0.3) is 0 Å². The summed E-state index contributed by atoms with van der Waals surface area (Å²) in [6, 6.07) is 47.9. The largest absolute Gasteiger partial charge is 0.456 e. The molecule has 12 rings (SSSR count). The molecule has 1 aliphatic heterocycles. The zero-order chi connectivity index (χ0) is 39.7. The van der Waals surface area contributed by atoms with E-state index in [1.165, 1.54) is 26.9 Å². The number of rotatable bonds is 2. The highest BCUT2D eigenvalue weighted by atomic mass is 32.1. The van der Waals surface area contributed by atoms with E-state index in [2.05, 4.69) is 172 Å². The van der Waals surface area contributed by atoms with E-state index < -0.39 is 0 Å². The third-order valence-corrected chi connectivity index (χ3v) is 13.8. The zero-order valence-electron chi connectivity index (χ0n) is 33.4. The Labute approximate surface area is 346 Å². The monoisotopic (exact) mass is 778 g/mol. The molecule has 2 aliphatic rings. The summed E-state index contributed by atoms with van der Waals surface area (Å²) < 4.78 is 10.7. The molecule has 0 N–H and O–H groups in total. The molecule has 282 valence electrons. The average molecular weight is 779 g/mol. The molecule has 4 heterocycles. The molecule has 0 fully saturated rings. The van der Waals surface area contributed by atoms with Gasteiger partial charge in [-0.25, -0.2) is 15.0 Å². The van der Waals surface area contributed by atoms with Gasteiger partial charge in [0.05, 0.1) is 32.5 Å². The molecule has 0 saturated heterocycles. The Bertz CT molecular complexity index is 3440. The summed E-state index contributed by atoms with van der Waals surface area (Å²) in [5.74, 6) is 2.31. The van der Waals surface area contributed by atoms with Crippen LogP contribution in [0.25, 0.3) is 93.4 Å². The number of aryl methyl sites for hydroxylation is 2. The highest BCUT2D eigenvalue weighted by Crippen LogP contribution is 2.55. The van der Waals surface area contributed by atoms with Crippen LogP contribution in [0.15, 0.2) is 140 Å². The standard InChI is InChI=1S/C53H38N4OS/c1-29-22-24-40-44(26-29)58-50-41(53(40,4)5)27-38(46-30(2)23-25-43-49(46)56-52-57(43)42-20-12-13-21-45(42)59-52)31(3)47(50)51-54-28-39-36-18-9-8-16-34(36)32-14-6-7-15-33(32)35-17-10-11-19-37(35)48(39)55-51/h6-28H,1-5H3. The fraction of sp³-hybridized carbons (Fsp3) is 0.113. The Hall–Kier alpha value is -6.89. The second-order valence-electron chi connectivity index (χ2n) is 16.5. The van der Waals surface area contributed by atoms with Crippen LogP contribution in [0.1, 0.15) is 41.7 Å². The quantitative estimate of drug-likeness (QED) is 0.175. The van der Waals surface area contributed by atoms with Crippen LogP contribution in [-0.4, -0.2) is 19.4 Å². The lowest BCUT2D eigenvalue weighted by Crippen LogP contribution is -2.25. The Morgan fingerprint density at radius 2 is 1.22 bits per heavy atom. The second kappa shape index (κ2) is 12.3. The molecule has 0 unspecified atom stereocenters. The predicted octanol–water partition coefficient (Wildman–Crippen LogP) is 14.2. The Morgan fingerprint density at radius 1 is 0.576 bits per heavy atom. The number of imidazole rings is 1. The maximum atomic E-state index is 7.12. The summed E-state index contributed by atoms with van der Waals surface area (Å²) in [5.41, 5.74) is 20.4. The van der Waals surface area contributed by atoms with Crippen LogP contribution in [-0.2, 0) is 5.41 Å². The maximum absolute atomic E-state index is 7.12. The molecule has 0 atom stereocenters. The second-order valence-corrected chi connectivity index (χ2v) is 17.6. The minimum Gasteiger partial charge on any atom is -0.456 e. The number of para-hydroxylation sites is 1. The maximum Gasteiger partial charge on any atom is 0.195 e. The molecule has 10 aromatic rings. The van der Waals surface area contributed by atoms with Crippen LogP contribution in [0.3, 0.4) is 0 Å². The molecular weight excluding hydrogens is 741 g/mol. The summed E-state index contributed by atoms with van der Waals surface area (Å²) >= 11 is 1.73. The Balaban J connectivity index is 1.17. The number of nitrogens with zero attached hydrogens (tertiary/aromatic N) is 4. The van der Waals surface area contributed by atoms with Crippen molar-refractivity contribution in [2.45, 2.75) is 40.0 Å². The highest BCUT2D eigenvalue weighted by molar-refractivity contribution is 7.23. The lowest BCUT2D eigenvalue weighted by molar-refractivity contribution is 0.419. The number of hydrogen-bond donors (Lipinski definition) is 0. The first-order valence-electron chi connectivity index (χ1n) is 20.2. The smallest absolute Gasteiger partial charge is 0.195 e. The van der Waals surface area contributed by atoms with Crippen molar-refractivity contribution in [1.82, 2.24) is 19.4 Å². The van der Waals surface area contributed by atoms with E-state index in [1.54, 1.807) is 11.3 Å². The molecule has 0 bridgehead atoms. The first kappa shape index (κ1) is 34.2. The van der Waals surface area contributed by atoms with Crippen LogP contribution in [0.4, 0.5) is 0 Å². The fourth-order valence-electron chi connectivity index (χ4n) is 9.77. The predicted molar refractivity (Wildman–Crippen MR) is 243 cm³/mol. The lowest BCUT2D eigenvalue weighted by Gasteiger charge is -2.37. The van der Waals surface area contributed by atoms with Crippen molar-refractivity contribution in [1.29, 1.82) is 0 Å². The topological polar surface area (TPSA) is 52.3 Å². The summed E-state index contributed by atoms with van der Waals surface area (Å²) in [6.07, 6.45) is 2.03. The molecule has 0 spiro atoms. The normalized spacial score (nSPS) is 13.4. The van der Waals surface area contributed by atoms with Crippen molar-refractivity contribution in [3.8, 4) is 78.7 Å². The van der Waals surface area contributed by atoms with Gasteiger partial charge in [-0.3, -0.25) is 4.40 Å². The van der Waals surface area contributed by atoms with Gasteiger partial charge in [0, 0.05) is 39.4 Å². The van der Waals surface area contributed by atoms with Gasteiger partial charge in [-0.2, -0.15) is 0 Å². The van der Waals surface area contributed by atoms with Crippen LogP contribution >= 0.6 is 11.3 Å². The minimum absolute atomic E-state index is 0.390. The van der Waals surface area contributed by atoms with Crippen LogP contribution in [0.5, 0.6) is 11.5 Å². The van der Waals surface area contributed by atoms with E-state index in [-0.39, 0.29) is 5.41 Å². The first-order valence-corrected chi connectivity index (χ1v) is 21.0. The Morgan fingerprint density at radius 3 is 1.95 bits per heavy atom. The molecule has 7 aromatic carbocycles. The number of aromatic nitrogens is 4. The third kappa shape index (κ3) is 4.81. The Kier molecular flexibility index (Phi) is 7.13. The van der Waals surface area contributed by atoms with E-state index in [4.69, 9.17) is 19.7 Å². The van der Waals surface area contributed by atoms with Crippen molar-refractivity contribution in [2.75, 3.05) is 0 Å². The number of hydrogen-bond acceptors (Lipinski definition) is 5. The number of benzene rings is 7. The van der Waals surface area contributed by atoms with Gasteiger partial charge in [0.15, 0.2) is 10.8 Å². The lowest BCUT2D eigenvalue weighted by atomic mass is 9.73. The van der Waals surface area contributed by atoms with Crippen molar-refractivity contribution < 1.29 is 4.74 Å². The highest BCUT2D eigenvalue weighted by Gasteiger charge is 2.38. The molecule has 1 aliphatic carbocycles. The summed E-state index contributed by atoms with van der Waals surface area (Å²) in [7, 11) is 0. The van der Waals surface area contributed by atoms with Gasteiger partial charge >= 0.3 is 0 Å². The van der Waals surface area contributed by atoms with E-state index in [0.29, 0.717) is 5.82 Å². The van der Waals surface area contributed by atoms with Crippen molar-refractivity contribution in [2.24, 2.45) is 0 Å². The van der Waals surface area contributed by atoms with Gasteiger partial charge in [0.2, 0.25) is 0 Å². The zero-order valence-corrected chi connectivity index (χ0v) is 34.2. The average Bonchev–Trinajstić information content (AvgIpc) is 3.79. The molecule has 3 aromatic heterocycles. The third-order valence-electron chi connectivity index (χ3n) is 12.7. The van der Waals surface area contributed by atoms with E-state index in [1.807, 2.05) is 6.20 Å². The molecule has 0 radical (unpaired) electrons. The summed E-state index contributed by atoms with van der Waals surface area (Å²) in [4.78, 5) is 17.4. The number of fused-ring (bicyclic) bond motifs is 15. The molecule has 6 heteroatoms. The molecule has 0 amide bonds. The van der Waals surface area contributed by atoms with Gasteiger partial charge < -0.3 is 4.74 Å². The molecule has 59 heavy (non-hydrogen) atoms. The van der Waals surface area contributed by atoms with Crippen molar-refractivity contribution >= 4 is 37.5 Å². The van der Waals surface area contributed by atoms with Gasteiger partial charge in [0.1, 0.15) is 11.5 Å². The van der Waals surface area contributed by atoms with Crippen molar-refractivity contribution in [3.63, 3.8) is 0 Å². The van der Waals surface area contributed by atoms with Crippen LogP contribution in [0.2, 0.25) is 0 Å². The van der Waals surface area contributed by atoms with E-state index in [9.17, 15) is 0 Å². The van der Waals surface area contributed by atoms with Gasteiger partial charge in [-0.15, -0.1) is 0 Å². The van der Waals surface area contributed by atoms with Gasteiger partial charge in [-0.05, 0) is 101 Å². The van der Waals surface area contributed by atoms with E-state index in [0.717, 1.165) is 99.9 Å². The van der Waals surface area contributed by atoms with E-state index >= 15 is 0 Å². The molecular formula is C53H38N4OS. The SMILES string of the molecule is Cc1ccc2c(c1)Oc1c(cc(-c3c(C)ccc4c3nc3sc5ccccc5n34)c(C)c1-c1ncc3c(n1)-c1ccccc1-c1ccccc1-c1ccccc1-3)C2(C)C. The van der Waals surface area contributed by atoms with Crippen LogP contribution < -0.4 is 4.74 Å². The summed E-state index contributed by atoms with van der Waals surface area (Å²) in [6.45, 7) is 11.1. The first-order chi connectivity index (χ1) is 28.8. The summed E-state index contributed by atoms with van der Waals surface area (Å²) in [5, 5.41) is 0. The van der Waals surface area contributed by atoms with Gasteiger partial charge in [-0.1, -0.05) is 128 Å².